The minimum Gasteiger partial charge on any atom is -0.451 e. The van der Waals surface area contributed by atoms with Gasteiger partial charge in [-0.1, -0.05) is 39.0 Å². The highest BCUT2D eigenvalue weighted by Gasteiger charge is 2.41. The van der Waals surface area contributed by atoms with E-state index < -0.39 is 0 Å². The van der Waals surface area contributed by atoms with E-state index in [1.807, 2.05) is 48.7 Å². The number of ether oxygens (including phenoxy) is 2. The average molecular weight is 308 g/mol. The summed E-state index contributed by atoms with van der Waals surface area (Å²) < 4.78 is 14.2. The van der Waals surface area contributed by atoms with Crippen molar-refractivity contribution in [2.24, 2.45) is 5.92 Å². The van der Waals surface area contributed by atoms with E-state index in [-0.39, 0.29) is 17.6 Å². The number of benzene rings is 1. The number of imidazole rings is 1. The van der Waals surface area contributed by atoms with Crippen molar-refractivity contribution in [3.05, 3.63) is 60.6 Å². The predicted octanol–water partition coefficient (Wildman–Crippen LogP) is 4.05. The molecule has 4 rings (SSSR count). The summed E-state index contributed by atoms with van der Waals surface area (Å²) in [6.45, 7) is 6.59. The van der Waals surface area contributed by atoms with E-state index in [1.54, 1.807) is 0 Å². The Morgan fingerprint density at radius 2 is 1.70 bits per heavy atom. The molecule has 0 bridgehead atoms. The molecule has 0 saturated heterocycles. The van der Waals surface area contributed by atoms with Crippen molar-refractivity contribution < 1.29 is 9.47 Å². The number of nitrogens with zero attached hydrogens (tertiary/aromatic N) is 2. The van der Waals surface area contributed by atoms with Gasteiger partial charge in [-0.05, 0) is 24.3 Å². The molecule has 0 radical (unpaired) electrons. The van der Waals surface area contributed by atoms with Crippen LogP contribution in [0, 0.1) is 5.92 Å². The van der Waals surface area contributed by atoms with E-state index in [4.69, 9.17) is 9.47 Å². The molecule has 1 aliphatic heterocycles. The number of para-hydroxylation sites is 2. The van der Waals surface area contributed by atoms with Crippen LogP contribution in [-0.2, 0) is 5.41 Å². The molecule has 1 aliphatic rings. The summed E-state index contributed by atoms with van der Waals surface area (Å²) in [5.74, 6) is 1.78. The SMILES string of the molecule is CC(C1Oc2ccccc2O1)C(C)(C)c1cnc2ccccn12. The summed E-state index contributed by atoms with van der Waals surface area (Å²) in [4.78, 5) is 4.51. The largest absolute Gasteiger partial charge is 0.451 e. The molecular weight excluding hydrogens is 288 g/mol. The summed E-state index contributed by atoms with van der Waals surface area (Å²) in [5.41, 5.74) is 1.95. The smallest absolute Gasteiger partial charge is 0.244 e. The number of hydrogen-bond acceptors (Lipinski definition) is 3. The Bertz CT molecular complexity index is 828. The lowest BCUT2D eigenvalue weighted by Gasteiger charge is -2.34. The highest BCUT2D eigenvalue weighted by Crippen LogP contribution is 2.41. The maximum absolute atomic E-state index is 6.01. The number of hydrogen-bond donors (Lipinski definition) is 0. The molecule has 23 heavy (non-hydrogen) atoms. The third-order valence-electron chi connectivity index (χ3n) is 4.96. The van der Waals surface area contributed by atoms with Gasteiger partial charge in [0.05, 0.1) is 0 Å². The molecule has 0 spiro atoms. The van der Waals surface area contributed by atoms with Gasteiger partial charge in [-0.2, -0.15) is 0 Å². The van der Waals surface area contributed by atoms with E-state index in [2.05, 4.69) is 36.4 Å². The molecule has 1 unspecified atom stereocenters. The topological polar surface area (TPSA) is 35.8 Å². The van der Waals surface area contributed by atoms with E-state index in [0.717, 1.165) is 22.8 Å². The fraction of sp³-hybridized carbons (Fsp3) is 0.316. The van der Waals surface area contributed by atoms with Crippen LogP contribution in [0.2, 0.25) is 0 Å². The highest BCUT2D eigenvalue weighted by molar-refractivity contribution is 5.43. The van der Waals surface area contributed by atoms with Crippen LogP contribution >= 0.6 is 0 Å². The first-order chi connectivity index (χ1) is 11.1. The average Bonchev–Trinajstić information content (AvgIpc) is 3.18. The second kappa shape index (κ2) is 5.01. The van der Waals surface area contributed by atoms with Gasteiger partial charge in [0.15, 0.2) is 11.5 Å². The monoisotopic (exact) mass is 308 g/mol. The van der Waals surface area contributed by atoms with Gasteiger partial charge in [0.25, 0.3) is 0 Å². The van der Waals surface area contributed by atoms with Gasteiger partial charge >= 0.3 is 0 Å². The molecule has 0 N–H and O–H groups in total. The lowest BCUT2D eigenvalue weighted by atomic mass is 9.77. The maximum Gasteiger partial charge on any atom is 0.244 e. The summed E-state index contributed by atoms with van der Waals surface area (Å²) in [6, 6.07) is 13.9. The van der Waals surface area contributed by atoms with Gasteiger partial charge in [-0.3, -0.25) is 0 Å². The third kappa shape index (κ3) is 2.17. The molecule has 0 aliphatic carbocycles. The second-order valence-electron chi connectivity index (χ2n) is 6.63. The molecule has 2 aromatic heterocycles. The zero-order valence-corrected chi connectivity index (χ0v) is 13.6. The van der Waals surface area contributed by atoms with Crippen LogP contribution in [0.4, 0.5) is 0 Å². The zero-order valence-electron chi connectivity index (χ0n) is 13.6. The molecule has 1 aromatic carbocycles. The van der Waals surface area contributed by atoms with E-state index in [0.29, 0.717) is 0 Å². The Morgan fingerprint density at radius 1 is 1.04 bits per heavy atom. The summed E-state index contributed by atoms with van der Waals surface area (Å²) in [7, 11) is 0. The Hall–Kier alpha value is -2.49. The first-order valence-electron chi connectivity index (χ1n) is 7.92. The minimum atomic E-state index is -0.295. The predicted molar refractivity (Wildman–Crippen MR) is 88.9 cm³/mol. The standard InChI is InChI=1S/C19H20N2O2/c1-13(18-22-14-8-4-5-9-15(14)23-18)19(2,3)16-12-20-17-10-6-7-11-21(16)17/h4-13,18H,1-3H3. The molecule has 0 fully saturated rings. The zero-order chi connectivity index (χ0) is 16.0. The summed E-state index contributed by atoms with van der Waals surface area (Å²) in [6.07, 6.45) is 3.71. The maximum atomic E-state index is 6.01. The van der Waals surface area contributed by atoms with Crippen molar-refractivity contribution in [2.45, 2.75) is 32.5 Å². The van der Waals surface area contributed by atoms with Gasteiger partial charge in [-0.25, -0.2) is 4.98 Å². The summed E-state index contributed by atoms with van der Waals surface area (Å²) >= 11 is 0. The Morgan fingerprint density at radius 3 is 2.39 bits per heavy atom. The fourth-order valence-corrected chi connectivity index (χ4v) is 3.11. The molecular formula is C19H20N2O2. The van der Waals surface area contributed by atoms with Crippen LogP contribution < -0.4 is 9.47 Å². The fourth-order valence-electron chi connectivity index (χ4n) is 3.11. The first-order valence-corrected chi connectivity index (χ1v) is 7.92. The van der Waals surface area contributed by atoms with Crippen LogP contribution in [0.5, 0.6) is 11.5 Å². The van der Waals surface area contributed by atoms with Crippen molar-refractivity contribution in [3.8, 4) is 11.5 Å². The lowest BCUT2D eigenvalue weighted by Crippen LogP contribution is -2.40. The summed E-state index contributed by atoms with van der Waals surface area (Å²) in [5, 5.41) is 0. The van der Waals surface area contributed by atoms with Gasteiger partial charge in [0.1, 0.15) is 5.65 Å². The van der Waals surface area contributed by atoms with Crippen LogP contribution in [0.25, 0.3) is 5.65 Å². The molecule has 4 nitrogen and oxygen atoms in total. The van der Waals surface area contributed by atoms with Gasteiger partial charge in [0, 0.05) is 29.4 Å². The van der Waals surface area contributed by atoms with E-state index in [1.165, 1.54) is 0 Å². The normalized spacial score (nSPS) is 16.0. The molecule has 0 amide bonds. The Balaban J connectivity index is 1.66. The minimum absolute atomic E-state index is 0.148. The van der Waals surface area contributed by atoms with E-state index in [9.17, 15) is 0 Å². The van der Waals surface area contributed by atoms with Crippen molar-refractivity contribution >= 4 is 5.65 Å². The van der Waals surface area contributed by atoms with Crippen LogP contribution in [0.1, 0.15) is 26.5 Å². The highest BCUT2D eigenvalue weighted by atomic mass is 16.7. The van der Waals surface area contributed by atoms with Crippen LogP contribution in [0.15, 0.2) is 54.9 Å². The Kier molecular flexibility index (Phi) is 3.08. The number of rotatable bonds is 3. The molecule has 118 valence electrons. The molecule has 4 heteroatoms. The van der Waals surface area contributed by atoms with Gasteiger partial charge < -0.3 is 13.9 Å². The quantitative estimate of drug-likeness (QED) is 0.732. The molecule has 3 heterocycles. The number of fused-ring (bicyclic) bond motifs is 2. The number of aromatic nitrogens is 2. The number of pyridine rings is 1. The second-order valence-corrected chi connectivity index (χ2v) is 6.63. The van der Waals surface area contributed by atoms with Crippen molar-refractivity contribution in [3.63, 3.8) is 0 Å². The Labute approximate surface area is 135 Å². The van der Waals surface area contributed by atoms with Crippen molar-refractivity contribution in [1.29, 1.82) is 0 Å². The molecule has 3 aromatic rings. The van der Waals surface area contributed by atoms with Crippen molar-refractivity contribution in [2.75, 3.05) is 0 Å². The van der Waals surface area contributed by atoms with Gasteiger partial charge in [0.2, 0.25) is 6.29 Å². The molecule has 1 atom stereocenters. The lowest BCUT2D eigenvalue weighted by molar-refractivity contribution is -0.0235. The van der Waals surface area contributed by atoms with Crippen LogP contribution in [-0.4, -0.2) is 15.7 Å². The first kappa shape index (κ1) is 14.1. The third-order valence-corrected chi connectivity index (χ3v) is 4.96. The van der Waals surface area contributed by atoms with Gasteiger partial charge in [-0.15, -0.1) is 0 Å². The van der Waals surface area contributed by atoms with Crippen LogP contribution in [0.3, 0.4) is 0 Å². The van der Waals surface area contributed by atoms with E-state index >= 15 is 0 Å². The van der Waals surface area contributed by atoms with Crippen molar-refractivity contribution in [1.82, 2.24) is 9.38 Å². The molecule has 0 saturated carbocycles.